The highest BCUT2D eigenvalue weighted by atomic mass is 19.3. The van der Waals surface area contributed by atoms with E-state index in [1.165, 1.54) is 4.90 Å². The van der Waals surface area contributed by atoms with E-state index in [0.29, 0.717) is 18.7 Å². The molecule has 1 atom stereocenters. The topological polar surface area (TPSA) is 67.6 Å². The molecule has 0 bridgehead atoms. The summed E-state index contributed by atoms with van der Waals surface area (Å²) < 4.78 is 49.3. The van der Waals surface area contributed by atoms with Gasteiger partial charge in [-0.25, -0.2) is 9.18 Å². The zero-order chi connectivity index (χ0) is 19.3. The van der Waals surface area contributed by atoms with Crippen molar-refractivity contribution in [1.29, 1.82) is 0 Å². The Bertz CT molecular complexity index is 714. The van der Waals surface area contributed by atoms with Crippen molar-refractivity contribution in [2.75, 3.05) is 13.2 Å². The fourth-order valence-electron chi connectivity index (χ4n) is 3.49. The minimum absolute atomic E-state index is 0.00474. The highest BCUT2D eigenvalue weighted by Crippen LogP contribution is 2.44. The maximum Gasteiger partial charge on any atom is 0.410 e. The highest BCUT2D eigenvalue weighted by molar-refractivity contribution is 5.68. The maximum absolute atomic E-state index is 14.8. The van der Waals surface area contributed by atoms with Gasteiger partial charge in [-0.15, -0.1) is 0 Å². The van der Waals surface area contributed by atoms with Crippen molar-refractivity contribution in [3.05, 3.63) is 17.0 Å². The first-order valence-corrected chi connectivity index (χ1v) is 8.67. The summed E-state index contributed by atoms with van der Waals surface area (Å²) in [6, 6.07) is 0. The van der Waals surface area contributed by atoms with Crippen LogP contribution in [0.4, 0.5) is 18.0 Å². The van der Waals surface area contributed by atoms with Crippen LogP contribution in [0.25, 0.3) is 0 Å². The van der Waals surface area contributed by atoms with E-state index < -0.39 is 36.3 Å². The van der Waals surface area contributed by atoms with Gasteiger partial charge < -0.3 is 14.7 Å². The molecule has 3 rings (SSSR count). The van der Waals surface area contributed by atoms with Crippen molar-refractivity contribution in [2.24, 2.45) is 0 Å². The summed E-state index contributed by atoms with van der Waals surface area (Å²) in [6.07, 6.45) is -1.36. The SMILES string of the molecule is CC(C)(C)OC(=O)N1CCc2nn3c(c2C1)C(F)(F)C[C@@](O)(CF)CC3. The number of aromatic nitrogens is 2. The number of carbonyl (C=O) groups is 1. The van der Waals surface area contributed by atoms with Crippen LogP contribution in [0.1, 0.15) is 50.6 Å². The Morgan fingerprint density at radius 3 is 2.65 bits per heavy atom. The van der Waals surface area contributed by atoms with Crippen LogP contribution < -0.4 is 0 Å². The average molecular weight is 375 g/mol. The molecular formula is C17H24F3N3O3. The molecule has 6 nitrogen and oxygen atoms in total. The molecule has 0 radical (unpaired) electrons. The number of hydrogen-bond donors (Lipinski definition) is 1. The molecule has 0 spiro atoms. The monoisotopic (exact) mass is 375 g/mol. The van der Waals surface area contributed by atoms with E-state index >= 15 is 0 Å². The summed E-state index contributed by atoms with van der Waals surface area (Å²) in [5.74, 6) is -3.44. The van der Waals surface area contributed by atoms with E-state index in [9.17, 15) is 23.1 Å². The van der Waals surface area contributed by atoms with Crippen LogP contribution in [-0.4, -0.2) is 50.3 Å². The molecule has 0 unspecified atom stereocenters. The Morgan fingerprint density at radius 2 is 2.04 bits per heavy atom. The zero-order valence-corrected chi connectivity index (χ0v) is 15.2. The Labute approximate surface area is 149 Å². The summed E-state index contributed by atoms with van der Waals surface area (Å²) in [5, 5.41) is 14.3. The Hall–Kier alpha value is -1.77. The van der Waals surface area contributed by atoms with Crippen molar-refractivity contribution in [2.45, 2.75) is 70.2 Å². The molecule has 9 heteroatoms. The van der Waals surface area contributed by atoms with Gasteiger partial charge in [-0.3, -0.25) is 4.68 Å². The molecule has 0 fully saturated rings. The van der Waals surface area contributed by atoms with Gasteiger partial charge in [0.05, 0.1) is 12.2 Å². The summed E-state index contributed by atoms with van der Waals surface area (Å²) in [6.45, 7) is 4.26. The van der Waals surface area contributed by atoms with Gasteiger partial charge in [0.15, 0.2) is 0 Å². The zero-order valence-electron chi connectivity index (χ0n) is 15.2. The number of halogens is 3. The van der Waals surface area contributed by atoms with Crippen LogP contribution in [0, 0.1) is 0 Å². The van der Waals surface area contributed by atoms with Gasteiger partial charge in [0, 0.05) is 31.5 Å². The van der Waals surface area contributed by atoms with Gasteiger partial charge in [0.25, 0.3) is 5.92 Å². The van der Waals surface area contributed by atoms with Gasteiger partial charge in [0.2, 0.25) is 0 Å². The predicted octanol–water partition coefficient (Wildman–Crippen LogP) is 2.76. The van der Waals surface area contributed by atoms with Crippen molar-refractivity contribution in [3.8, 4) is 0 Å². The Kier molecular flexibility index (Phi) is 4.49. The third kappa shape index (κ3) is 3.54. The van der Waals surface area contributed by atoms with Gasteiger partial charge in [-0.05, 0) is 27.2 Å². The Balaban J connectivity index is 1.91. The minimum Gasteiger partial charge on any atom is -0.444 e. The molecule has 26 heavy (non-hydrogen) atoms. The van der Waals surface area contributed by atoms with Crippen LogP contribution >= 0.6 is 0 Å². The van der Waals surface area contributed by atoms with Gasteiger partial charge in [-0.1, -0.05) is 0 Å². The van der Waals surface area contributed by atoms with Crippen LogP contribution in [0.2, 0.25) is 0 Å². The lowest BCUT2D eigenvalue weighted by atomic mass is 9.91. The number of ether oxygens (including phenoxy) is 1. The number of nitrogens with zero attached hydrogens (tertiary/aromatic N) is 3. The first-order chi connectivity index (χ1) is 11.9. The number of amides is 1. The first-order valence-electron chi connectivity index (χ1n) is 8.67. The molecule has 3 heterocycles. The fourth-order valence-corrected chi connectivity index (χ4v) is 3.49. The maximum atomic E-state index is 14.8. The predicted molar refractivity (Wildman–Crippen MR) is 86.6 cm³/mol. The van der Waals surface area contributed by atoms with Crippen LogP contribution in [0.5, 0.6) is 0 Å². The molecule has 0 saturated carbocycles. The second-order valence-electron chi connectivity index (χ2n) is 8.14. The first kappa shape index (κ1) is 19.0. The van der Waals surface area contributed by atoms with Crippen LogP contribution in [-0.2, 0) is 30.2 Å². The standard InChI is InChI=1S/C17H24F3N3O3/c1-15(2,3)26-14(24)22-6-4-12-11(8-22)13-17(19,20)9-16(25,10-18)5-7-23(13)21-12/h25H,4-10H2,1-3H3/t16-/m1/s1. The van der Waals surface area contributed by atoms with Crippen molar-refractivity contribution < 1.29 is 27.8 Å². The number of aliphatic hydroxyl groups is 1. The molecular weight excluding hydrogens is 351 g/mol. The highest BCUT2D eigenvalue weighted by Gasteiger charge is 2.49. The summed E-state index contributed by atoms with van der Waals surface area (Å²) in [4.78, 5) is 13.7. The molecule has 0 aromatic carbocycles. The largest absolute Gasteiger partial charge is 0.444 e. The third-order valence-corrected chi connectivity index (χ3v) is 4.69. The smallest absolute Gasteiger partial charge is 0.410 e. The molecule has 146 valence electrons. The molecule has 2 aliphatic heterocycles. The average Bonchev–Trinajstić information content (AvgIpc) is 2.84. The molecule has 0 saturated heterocycles. The summed E-state index contributed by atoms with van der Waals surface area (Å²) >= 11 is 0. The molecule has 1 aromatic heterocycles. The van der Waals surface area contributed by atoms with E-state index in [1.807, 2.05) is 0 Å². The fraction of sp³-hybridized carbons (Fsp3) is 0.765. The van der Waals surface area contributed by atoms with E-state index in [2.05, 4.69) is 5.10 Å². The van der Waals surface area contributed by atoms with Gasteiger partial charge >= 0.3 is 6.09 Å². The number of aryl methyl sites for hydroxylation is 1. The summed E-state index contributed by atoms with van der Waals surface area (Å²) in [5.41, 5.74) is -2.30. The van der Waals surface area contributed by atoms with E-state index in [1.54, 1.807) is 20.8 Å². The number of carbonyl (C=O) groups excluding carboxylic acids is 1. The lowest BCUT2D eigenvalue weighted by Gasteiger charge is -2.31. The number of rotatable bonds is 1. The number of hydrogen-bond acceptors (Lipinski definition) is 4. The van der Waals surface area contributed by atoms with Crippen molar-refractivity contribution in [3.63, 3.8) is 0 Å². The molecule has 1 N–H and O–H groups in total. The number of alkyl halides is 3. The quantitative estimate of drug-likeness (QED) is 0.820. The molecule has 0 aliphatic carbocycles. The second kappa shape index (κ2) is 6.14. The number of fused-ring (bicyclic) bond motifs is 3. The Morgan fingerprint density at radius 1 is 1.35 bits per heavy atom. The van der Waals surface area contributed by atoms with Crippen molar-refractivity contribution >= 4 is 6.09 Å². The van der Waals surface area contributed by atoms with Gasteiger partial charge in [-0.2, -0.15) is 13.9 Å². The van der Waals surface area contributed by atoms with Crippen LogP contribution in [0.15, 0.2) is 0 Å². The van der Waals surface area contributed by atoms with E-state index in [0.717, 1.165) is 4.68 Å². The van der Waals surface area contributed by atoms with E-state index in [4.69, 9.17) is 4.74 Å². The lowest BCUT2D eigenvalue weighted by Crippen LogP contribution is -2.41. The van der Waals surface area contributed by atoms with E-state index in [-0.39, 0.29) is 30.8 Å². The van der Waals surface area contributed by atoms with Crippen molar-refractivity contribution in [1.82, 2.24) is 14.7 Å². The van der Waals surface area contributed by atoms with Crippen LogP contribution in [0.3, 0.4) is 0 Å². The third-order valence-electron chi connectivity index (χ3n) is 4.69. The molecule has 1 amide bonds. The lowest BCUT2D eigenvalue weighted by molar-refractivity contribution is -0.102. The molecule has 2 aliphatic rings. The summed E-state index contributed by atoms with van der Waals surface area (Å²) in [7, 11) is 0. The molecule has 1 aromatic rings. The second-order valence-corrected chi connectivity index (χ2v) is 8.14. The van der Waals surface area contributed by atoms with Gasteiger partial charge in [0.1, 0.15) is 23.6 Å². The normalized spacial score (nSPS) is 25.3. The minimum atomic E-state index is -3.44.